The SMILES string of the molecule is CCNC(=NCC(c1ccc(OC)c(OC)c1)N(C)C)NCCn1cccc1. The molecule has 1 aromatic heterocycles. The Morgan fingerprint density at radius 2 is 1.82 bits per heavy atom. The van der Waals surface area contributed by atoms with Gasteiger partial charge in [-0.25, -0.2) is 0 Å². The van der Waals surface area contributed by atoms with Crippen LogP contribution in [0.15, 0.2) is 47.7 Å². The molecule has 2 N–H and O–H groups in total. The number of aliphatic imine (C=N–C) groups is 1. The van der Waals surface area contributed by atoms with Crippen LogP contribution in [0.25, 0.3) is 0 Å². The third-order valence-electron chi connectivity index (χ3n) is 4.51. The second kappa shape index (κ2) is 11.2. The van der Waals surface area contributed by atoms with Crippen molar-refractivity contribution in [2.45, 2.75) is 19.5 Å². The molecule has 2 aromatic rings. The van der Waals surface area contributed by atoms with Crippen molar-refractivity contribution in [1.29, 1.82) is 0 Å². The quantitative estimate of drug-likeness (QED) is 0.484. The van der Waals surface area contributed by atoms with Gasteiger partial charge in [-0.15, -0.1) is 0 Å². The predicted molar refractivity (Wildman–Crippen MR) is 114 cm³/mol. The van der Waals surface area contributed by atoms with E-state index in [4.69, 9.17) is 14.5 Å². The van der Waals surface area contributed by atoms with E-state index in [1.54, 1.807) is 14.2 Å². The van der Waals surface area contributed by atoms with E-state index in [0.29, 0.717) is 6.54 Å². The van der Waals surface area contributed by atoms with Crippen molar-refractivity contribution in [1.82, 2.24) is 20.1 Å². The number of guanidine groups is 1. The Morgan fingerprint density at radius 3 is 2.43 bits per heavy atom. The Kier molecular flexibility index (Phi) is 8.68. The number of hydrogen-bond donors (Lipinski definition) is 2. The van der Waals surface area contributed by atoms with Crippen molar-refractivity contribution in [3.63, 3.8) is 0 Å². The third kappa shape index (κ3) is 6.20. The van der Waals surface area contributed by atoms with Gasteiger partial charge >= 0.3 is 0 Å². The first-order valence-corrected chi connectivity index (χ1v) is 9.60. The summed E-state index contributed by atoms with van der Waals surface area (Å²) in [6, 6.07) is 10.2. The number of ether oxygens (including phenoxy) is 2. The standard InChI is InChI=1S/C21H33N5O2/c1-6-22-21(23-11-14-26-12-7-8-13-26)24-16-18(25(2)3)17-9-10-19(27-4)20(15-17)28-5/h7-10,12-13,15,18H,6,11,14,16H2,1-5H3,(H2,22,23,24). The van der Waals surface area contributed by atoms with E-state index in [0.717, 1.165) is 42.7 Å². The molecule has 0 radical (unpaired) electrons. The zero-order valence-electron chi connectivity index (χ0n) is 17.6. The molecule has 0 amide bonds. The molecule has 0 bridgehead atoms. The zero-order valence-corrected chi connectivity index (χ0v) is 17.6. The van der Waals surface area contributed by atoms with Gasteiger partial charge in [-0.1, -0.05) is 6.07 Å². The molecular weight excluding hydrogens is 354 g/mol. The Bertz CT molecular complexity index is 728. The normalized spacial score (nSPS) is 12.7. The molecule has 1 atom stereocenters. The van der Waals surface area contributed by atoms with Crippen molar-refractivity contribution in [2.75, 3.05) is 47.9 Å². The van der Waals surface area contributed by atoms with E-state index >= 15 is 0 Å². The number of rotatable bonds is 10. The summed E-state index contributed by atoms with van der Waals surface area (Å²) in [5.41, 5.74) is 1.13. The molecule has 0 saturated carbocycles. The van der Waals surface area contributed by atoms with Crippen LogP contribution in [0.4, 0.5) is 0 Å². The lowest BCUT2D eigenvalue weighted by Gasteiger charge is -2.24. The number of nitrogens with zero attached hydrogens (tertiary/aromatic N) is 3. The van der Waals surface area contributed by atoms with Crippen LogP contribution in [0.3, 0.4) is 0 Å². The van der Waals surface area contributed by atoms with Gasteiger partial charge in [-0.05, 0) is 50.8 Å². The van der Waals surface area contributed by atoms with Gasteiger partial charge in [0.05, 0.1) is 26.8 Å². The smallest absolute Gasteiger partial charge is 0.191 e. The number of benzene rings is 1. The highest BCUT2D eigenvalue weighted by atomic mass is 16.5. The lowest BCUT2D eigenvalue weighted by atomic mass is 10.1. The van der Waals surface area contributed by atoms with Crippen LogP contribution in [0.2, 0.25) is 0 Å². The van der Waals surface area contributed by atoms with Crippen molar-refractivity contribution in [2.24, 2.45) is 4.99 Å². The van der Waals surface area contributed by atoms with E-state index in [2.05, 4.69) is 59.6 Å². The summed E-state index contributed by atoms with van der Waals surface area (Å²) >= 11 is 0. The third-order valence-corrected chi connectivity index (χ3v) is 4.51. The lowest BCUT2D eigenvalue weighted by molar-refractivity contribution is 0.303. The van der Waals surface area contributed by atoms with Crippen molar-refractivity contribution in [3.05, 3.63) is 48.3 Å². The Balaban J connectivity index is 2.07. The summed E-state index contributed by atoms with van der Waals surface area (Å²) in [4.78, 5) is 6.96. The van der Waals surface area contributed by atoms with E-state index in [1.807, 2.05) is 24.3 Å². The maximum Gasteiger partial charge on any atom is 0.191 e. The molecule has 1 heterocycles. The number of nitrogens with one attached hydrogen (secondary N) is 2. The maximum absolute atomic E-state index is 5.45. The molecule has 154 valence electrons. The minimum atomic E-state index is 0.125. The minimum absolute atomic E-state index is 0.125. The van der Waals surface area contributed by atoms with E-state index in [-0.39, 0.29) is 6.04 Å². The van der Waals surface area contributed by atoms with E-state index in [1.165, 1.54) is 0 Å². The largest absolute Gasteiger partial charge is 0.493 e. The Hall–Kier alpha value is -2.67. The van der Waals surface area contributed by atoms with Gasteiger partial charge in [0.25, 0.3) is 0 Å². The molecule has 0 fully saturated rings. The highest BCUT2D eigenvalue weighted by molar-refractivity contribution is 5.79. The molecule has 0 spiro atoms. The van der Waals surface area contributed by atoms with Crippen LogP contribution >= 0.6 is 0 Å². The number of likely N-dealkylation sites (N-methyl/N-ethyl adjacent to an activating group) is 1. The van der Waals surface area contributed by atoms with Crippen LogP contribution in [0.5, 0.6) is 11.5 Å². The molecule has 28 heavy (non-hydrogen) atoms. The first-order valence-electron chi connectivity index (χ1n) is 9.60. The van der Waals surface area contributed by atoms with Gasteiger partial charge in [-0.3, -0.25) is 4.99 Å². The van der Waals surface area contributed by atoms with Gasteiger partial charge in [0, 0.05) is 32.0 Å². The van der Waals surface area contributed by atoms with E-state index in [9.17, 15) is 0 Å². The summed E-state index contributed by atoms with van der Waals surface area (Å²) in [6.45, 7) is 5.22. The van der Waals surface area contributed by atoms with Crippen LogP contribution in [0, 0.1) is 0 Å². The molecule has 0 saturated heterocycles. The molecule has 1 aromatic carbocycles. The second-order valence-electron chi connectivity index (χ2n) is 6.66. The topological polar surface area (TPSA) is 63.1 Å². The van der Waals surface area contributed by atoms with E-state index < -0.39 is 0 Å². The lowest BCUT2D eigenvalue weighted by Crippen LogP contribution is -2.39. The average Bonchev–Trinajstić information content (AvgIpc) is 3.21. The fraction of sp³-hybridized carbons (Fsp3) is 0.476. The molecule has 2 rings (SSSR count). The zero-order chi connectivity index (χ0) is 20.4. The van der Waals surface area contributed by atoms with Crippen molar-refractivity contribution < 1.29 is 9.47 Å². The highest BCUT2D eigenvalue weighted by Gasteiger charge is 2.16. The summed E-state index contributed by atoms with van der Waals surface area (Å²) in [6.07, 6.45) is 4.12. The van der Waals surface area contributed by atoms with Gasteiger partial charge in [0.1, 0.15) is 0 Å². The summed E-state index contributed by atoms with van der Waals surface area (Å²) < 4.78 is 12.9. The molecule has 7 heteroatoms. The van der Waals surface area contributed by atoms with Gasteiger partial charge in [0.2, 0.25) is 0 Å². The van der Waals surface area contributed by atoms with Gasteiger partial charge < -0.3 is 29.6 Å². The van der Waals surface area contributed by atoms with Crippen LogP contribution < -0.4 is 20.1 Å². The van der Waals surface area contributed by atoms with Crippen LogP contribution in [-0.4, -0.2) is 63.4 Å². The number of aromatic nitrogens is 1. The minimum Gasteiger partial charge on any atom is -0.493 e. The summed E-state index contributed by atoms with van der Waals surface area (Å²) in [5.74, 6) is 2.28. The predicted octanol–water partition coefficient (Wildman–Crippen LogP) is 2.36. The summed E-state index contributed by atoms with van der Waals surface area (Å²) in [7, 11) is 7.42. The van der Waals surface area contributed by atoms with Crippen molar-refractivity contribution >= 4 is 5.96 Å². The molecule has 0 aliphatic carbocycles. The Morgan fingerprint density at radius 1 is 1.11 bits per heavy atom. The first-order chi connectivity index (χ1) is 13.6. The first kappa shape index (κ1) is 21.6. The molecule has 0 aliphatic rings. The van der Waals surface area contributed by atoms with Crippen LogP contribution in [0.1, 0.15) is 18.5 Å². The number of methoxy groups -OCH3 is 2. The molecule has 7 nitrogen and oxygen atoms in total. The monoisotopic (exact) mass is 387 g/mol. The fourth-order valence-corrected chi connectivity index (χ4v) is 2.97. The highest BCUT2D eigenvalue weighted by Crippen LogP contribution is 2.31. The maximum atomic E-state index is 5.45. The fourth-order valence-electron chi connectivity index (χ4n) is 2.97. The van der Waals surface area contributed by atoms with Crippen LogP contribution in [-0.2, 0) is 6.54 Å². The Labute approximate surface area is 168 Å². The molecule has 1 unspecified atom stereocenters. The van der Waals surface area contributed by atoms with Gasteiger partial charge in [-0.2, -0.15) is 0 Å². The number of hydrogen-bond acceptors (Lipinski definition) is 4. The molecule has 0 aliphatic heterocycles. The summed E-state index contributed by atoms with van der Waals surface area (Å²) in [5, 5.41) is 6.72. The second-order valence-corrected chi connectivity index (χ2v) is 6.66. The van der Waals surface area contributed by atoms with Gasteiger partial charge in [0.15, 0.2) is 17.5 Å². The molecular formula is C21H33N5O2. The van der Waals surface area contributed by atoms with Crippen molar-refractivity contribution in [3.8, 4) is 11.5 Å². The average molecular weight is 388 g/mol.